The van der Waals surface area contributed by atoms with Gasteiger partial charge in [0.15, 0.2) is 0 Å². The summed E-state index contributed by atoms with van der Waals surface area (Å²) in [5.41, 5.74) is 2.15. The zero-order valence-electron chi connectivity index (χ0n) is 24.6. The Morgan fingerprint density at radius 1 is 1.09 bits per heavy atom. The van der Waals surface area contributed by atoms with E-state index >= 15 is 0 Å². The first kappa shape index (κ1) is 30.7. The lowest BCUT2D eigenvalue weighted by Gasteiger charge is -2.32. The lowest BCUT2D eigenvalue weighted by Crippen LogP contribution is -2.35. The molecule has 0 spiro atoms. The fraction of sp³-hybridized carbons (Fsp3) is 0.364. The van der Waals surface area contributed by atoms with Crippen LogP contribution in [0.3, 0.4) is 0 Å². The normalized spacial score (nSPS) is 17.9. The van der Waals surface area contributed by atoms with Gasteiger partial charge in [0.25, 0.3) is 0 Å². The van der Waals surface area contributed by atoms with Crippen molar-refractivity contribution in [3.63, 3.8) is 0 Å². The third-order valence-electron chi connectivity index (χ3n) is 8.77. The number of imidazole rings is 1. The van der Waals surface area contributed by atoms with Gasteiger partial charge in [0.1, 0.15) is 18.0 Å². The Labute approximate surface area is 270 Å². The molecular formula is C33H30BrF3N4O5. The summed E-state index contributed by atoms with van der Waals surface area (Å²) in [7, 11) is 0. The Morgan fingerprint density at radius 3 is 2.61 bits per heavy atom. The molecule has 2 saturated heterocycles. The largest absolute Gasteiger partial charge is 0.478 e. The Balaban J connectivity index is 1.01. The molecule has 0 amide bonds. The lowest BCUT2D eigenvalue weighted by molar-refractivity contribution is -0.136. The number of piperidine rings is 1. The van der Waals surface area contributed by atoms with Crippen LogP contribution >= 0.6 is 15.9 Å². The highest BCUT2D eigenvalue weighted by Crippen LogP contribution is 2.39. The second-order valence-electron chi connectivity index (χ2n) is 11.8. The number of fused-ring (bicyclic) bond motifs is 2. The van der Waals surface area contributed by atoms with Crippen LogP contribution in [0.15, 0.2) is 63.7 Å². The molecule has 5 heterocycles. The molecule has 0 bridgehead atoms. The molecule has 46 heavy (non-hydrogen) atoms. The van der Waals surface area contributed by atoms with Gasteiger partial charge in [-0.15, -0.1) is 0 Å². The molecule has 0 saturated carbocycles. The topological polar surface area (TPSA) is 103 Å². The van der Waals surface area contributed by atoms with E-state index in [0.29, 0.717) is 34.4 Å². The lowest BCUT2D eigenvalue weighted by atomic mass is 9.93. The third-order valence-corrected chi connectivity index (χ3v) is 9.23. The summed E-state index contributed by atoms with van der Waals surface area (Å²) >= 11 is 3.17. The molecule has 13 heteroatoms. The monoisotopic (exact) mass is 698 g/mol. The van der Waals surface area contributed by atoms with Gasteiger partial charge in [-0.2, -0.15) is 13.2 Å². The highest BCUT2D eigenvalue weighted by Gasteiger charge is 2.35. The van der Waals surface area contributed by atoms with Crippen molar-refractivity contribution in [1.82, 2.24) is 19.4 Å². The van der Waals surface area contributed by atoms with Crippen LogP contribution in [-0.2, 0) is 30.6 Å². The minimum atomic E-state index is -4.55. The van der Waals surface area contributed by atoms with E-state index in [4.69, 9.17) is 23.9 Å². The number of ether oxygens (including phenoxy) is 2. The number of alkyl halides is 3. The van der Waals surface area contributed by atoms with Crippen molar-refractivity contribution in [3.05, 3.63) is 87.5 Å². The molecule has 1 atom stereocenters. The molecule has 0 unspecified atom stereocenters. The summed E-state index contributed by atoms with van der Waals surface area (Å²) in [5, 5.41) is 9.85. The second-order valence-corrected chi connectivity index (χ2v) is 12.7. The molecule has 2 aromatic carbocycles. The summed E-state index contributed by atoms with van der Waals surface area (Å²) in [6.45, 7) is 3.68. The van der Waals surface area contributed by atoms with E-state index in [0.717, 1.165) is 67.6 Å². The van der Waals surface area contributed by atoms with Crippen molar-refractivity contribution in [3.8, 4) is 5.88 Å². The number of carboxylic acid groups (broad SMARTS) is 1. The molecule has 2 fully saturated rings. The predicted molar refractivity (Wildman–Crippen MR) is 166 cm³/mol. The number of hydrogen-bond acceptors (Lipinski definition) is 7. The number of rotatable bonds is 9. The Hall–Kier alpha value is -3.94. The van der Waals surface area contributed by atoms with E-state index < -0.39 is 17.7 Å². The maximum atomic E-state index is 13.5. The average molecular weight is 700 g/mol. The number of aromatic nitrogens is 3. The van der Waals surface area contributed by atoms with E-state index in [-0.39, 0.29) is 29.8 Å². The minimum absolute atomic E-state index is 0.0104. The number of pyridine rings is 1. The van der Waals surface area contributed by atoms with Crippen LogP contribution in [0.5, 0.6) is 5.88 Å². The predicted octanol–water partition coefficient (Wildman–Crippen LogP) is 7.40. The number of benzene rings is 2. The van der Waals surface area contributed by atoms with Crippen LogP contribution in [0.4, 0.5) is 13.2 Å². The third kappa shape index (κ3) is 6.23. The Bertz CT molecular complexity index is 1910. The van der Waals surface area contributed by atoms with Gasteiger partial charge in [0.2, 0.25) is 5.88 Å². The number of nitrogens with zero attached hydrogens (tertiary/aromatic N) is 4. The van der Waals surface area contributed by atoms with E-state index in [1.165, 1.54) is 6.26 Å². The summed E-state index contributed by atoms with van der Waals surface area (Å²) in [4.78, 5) is 23.6. The zero-order chi connectivity index (χ0) is 32.0. The van der Waals surface area contributed by atoms with Crippen molar-refractivity contribution in [2.24, 2.45) is 0 Å². The number of likely N-dealkylation sites (tertiary alicyclic amines) is 1. The first-order valence-corrected chi connectivity index (χ1v) is 15.8. The fourth-order valence-electron chi connectivity index (χ4n) is 6.21. The van der Waals surface area contributed by atoms with E-state index in [2.05, 4.69) is 25.4 Å². The number of furan rings is 1. The Morgan fingerprint density at radius 2 is 1.89 bits per heavy atom. The number of carbonyl (C=O) groups is 1. The molecule has 0 radical (unpaired) electrons. The van der Waals surface area contributed by atoms with Crippen LogP contribution in [-0.4, -0.2) is 56.3 Å². The summed E-state index contributed by atoms with van der Waals surface area (Å²) in [5.74, 6) is 0.540. The van der Waals surface area contributed by atoms with Gasteiger partial charge in [-0.3, -0.25) is 4.90 Å². The van der Waals surface area contributed by atoms with Crippen molar-refractivity contribution < 1.29 is 37.0 Å². The van der Waals surface area contributed by atoms with Gasteiger partial charge < -0.3 is 23.6 Å². The SMILES string of the molecule is O=C(O)c1ccc2nc(CN3CCC(c4cccc(OCc5coc6c(C(F)(F)F)cc(Br)cc56)n4)CC3)n(C[C@@H]3CCO3)c2c1. The molecule has 7 rings (SSSR count). The van der Waals surface area contributed by atoms with E-state index in [1.807, 2.05) is 12.1 Å². The molecule has 0 aliphatic carbocycles. The van der Waals surface area contributed by atoms with Crippen LogP contribution in [0, 0.1) is 0 Å². The standard InChI is InChI=1S/C33H30BrF3N4O5/c34-22-13-24-21(18-46-31(24)25(14-22)33(35,36)37)17-45-30-3-1-2-26(39-30)19-6-9-40(10-7-19)16-29-38-27-5-4-20(32(42)43)12-28(27)41(29)15-23-8-11-44-23/h1-5,12-14,18-19,23H,6-11,15-17H2,(H,42,43)/t23-/m0/s1. The van der Waals surface area contributed by atoms with Crippen molar-refractivity contribution in [2.75, 3.05) is 19.7 Å². The van der Waals surface area contributed by atoms with E-state index in [1.54, 1.807) is 30.3 Å². The summed E-state index contributed by atoms with van der Waals surface area (Å²) in [6.07, 6.45) is -0.422. The molecule has 2 aliphatic rings. The van der Waals surface area contributed by atoms with Gasteiger partial charge in [-0.05, 0) is 68.8 Å². The van der Waals surface area contributed by atoms with Gasteiger partial charge >= 0.3 is 12.1 Å². The zero-order valence-corrected chi connectivity index (χ0v) is 26.2. The van der Waals surface area contributed by atoms with Gasteiger partial charge in [0.05, 0.1) is 47.6 Å². The van der Waals surface area contributed by atoms with E-state index in [9.17, 15) is 23.1 Å². The van der Waals surface area contributed by atoms with Gasteiger partial charge in [-0.1, -0.05) is 22.0 Å². The fourth-order valence-corrected chi connectivity index (χ4v) is 6.67. The minimum Gasteiger partial charge on any atom is -0.478 e. The summed E-state index contributed by atoms with van der Waals surface area (Å²) < 4.78 is 59.9. The highest BCUT2D eigenvalue weighted by molar-refractivity contribution is 9.10. The Kier molecular flexibility index (Phi) is 8.24. The van der Waals surface area contributed by atoms with Crippen LogP contribution < -0.4 is 4.74 Å². The molecule has 5 aromatic rings. The number of hydrogen-bond donors (Lipinski definition) is 1. The maximum absolute atomic E-state index is 13.5. The number of carboxylic acids is 1. The second kappa shape index (κ2) is 12.3. The molecule has 3 aromatic heterocycles. The number of halogens is 4. The molecule has 9 nitrogen and oxygen atoms in total. The molecule has 2 aliphatic heterocycles. The van der Waals surface area contributed by atoms with Crippen LogP contribution in [0.25, 0.3) is 22.0 Å². The maximum Gasteiger partial charge on any atom is 0.420 e. The van der Waals surface area contributed by atoms with Crippen LogP contribution in [0.1, 0.15) is 58.2 Å². The highest BCUT2D eigenvalue weighted by atomic mass is 79.9. The molecule has 240 valence electrons. The number of aromatic carboxylic acids is 1. The van der Waals surface area contributed by atoms with Crippen LogP contribution in [0.2, 0.25) is 0 Å². The summed E-state index contributed by atoms with van der Waals surface area (Å²) in [6, 6.07) is 13.2. The van der Waals surface area contributed by atoms with Crippen molar-refractivity contribution >= 4 is 43.9 Å². The molecular weight excluding hydrogens is 669 g/mol. The first-order valence-electron chi connectivity index (χ1n) is 15.1. The quantitative estimate of drug-likeness (QED) is 0.170. The van der Waals surface area contributed by atoms with Gasteiger partial charge in [-0.25, -0.2) is 14.8 Å². The van der Waals surface area contributed by atoms with Gasteiger partial charge in [0, 0.05) is 39.7 Å². The van der Waals surface area contributed by atoms with Crippen molar-refractivity contribution in [2.45, 2.75) is 57.2 Å². The van der Waals surface area contributed by atoms with Crippen molar-refractivity contribution in [1.29, 1.82) is 0 Å². The molecule has 1 N–H and O–H groups in total. The smallest absolute Gasteiger partial charge is 0.420 e. The average Bonchev–Trinajstić information content (AvgIpc) is 3.57. The first-order chi connectivity index (χ1) is 22.1.